The molecule has 1 N–H and O–H groups in total. The highest BCUT2D eigenvalue weighted by atomic mass is 32.2. The van der Waals surface area contributed by atoms with Gasteiger partial charge in [-0.05, 0) is 25.2 Å². The zero-order chi connectivity index (χ0) is 13.3. The van der Waals surface area contributed by atoms with Crippen LogP contribution >= 0.6 is 0 Å². The third kappa shape index (κ3) is 2.75. The number of rotatable bonds is 3. The minimum absolute atomic E-state index is 0.0143. The molecule has 6 heteroatoms. The van der Waals surface area contributed by atoms with E-state index in [1.54, 1.807) is 17.0 Å². The van der Waals surface area contributed by atoms with Crippen molar-refractivity contribution in [2.75, 3.05) is 6.26 Å². The summed E-state index contributed by atoms with van der Waals surface area (Å²) < 4.78 is 25.0. The Morgan fingerprint density at radius 2 is 2.22 bits per heavy atom. The fraction of sp³-hybridized carbons (Fsp3) is 0.750. The average molecular weight is 272 g/mol. The molecule has 0 saturated heterocycles. The fourth-order valence-corrected chi connectivity index (χ4v) is 3.92. The number of nitrogens with zero attached hydrogens (tertiary/aromatic N) is 2. The third-order valence-electron chi connectivity index (χ3n) is 3.84. The van der Waals surface area contributed by atoms with Crippen molar-refractivity contribution in [2.45, 2.75) is 37.0 Å². The molecule has 1 aliphatic carbocycles. The Balaban J connectivity index is 2.12. The van der Waals surface area contributed by atoms with E-state index in [-0.39, 0.29) is 11.2 Å². The maximum Gasteiger partial charge on any atom is 0.150 e. The highest BCUT2D eigenvalue weighted by molar-refractivity contribution is 7.91. The molecule has 0 spiro atoms. The first kappa shape index (κ1) is 13.5. The van der Waals surface area contributed by atoms with Gasteiger partial charge in [-0.2, -0.15) is 0 Å². The second kappa shape index (κ2) is 5.01. The molecule has 3 unspecified atom stereocenters. The zero-order valence-corrected chi connectivity index (χ0v) is 11.6. The minimum Gasteiger partial charge on any atom is -0.385 e. The van der Waals surface area contributed by atoms with Gasteiger partial charge in [0.1, 0.15) is 21.8 Å². The van der Waals surface area contributed by atoms with Gasteiger partial charge >= 0.3 is 0 Å². The molecule has 5 nitrogen and oxygen atoms in total. The minimum atomic E-state index is -3.01. The van der Waals surface area contributed by atoms with E-state index in [1.165, 1.54) is 6.26 Å². The van der Waals surface area contributed by atoms with Crippen LogP contribution in [0.25, 0.3) is 0 Å². The topological polar surface area (TPSA) is 72.2 Å². The molecule has 1 fully saturated rings. The number of hydrogen-bond acceptors (Lipinski definition) is 4. The highest BCUT2D eigenvalue weighted by Crippen LogP contribution is 2.36. The SMILES string of the molecule is Cn1ccnc1C(O)C1CCCC(S(C)(=O)=O)C1. The summed E-state index contributed by atoms with van der Waals surface area (Å²) in [5.41, 5.74) is 0. The lowest BCUT2D eigenvalue weighted by Gasteiger charge is -2.30. The standard InChI is InChI=1S/C12H20N2O3S/c1-14-7-6-13-12(14)11(15)9-4-3-5-10(8-9)18(2,16)17/h6-7,9-11,15H,3-5,8H2,1-2H3. The summed E-state index contributed by atoms with van der Waals surface area (Å²) >= 11 is 0. The van der Waals surface area contributed by atoms with Gasteiger partial charge in [-0.3, -0.25) is 0 Å². The van der Waals surface area contributed by atoms with Crippen LogP contribution in [0.1, 0.15) is 37.6 Å². The van der Waals surface area contributed by atoms with Crippen molar-refractivity contribution in [2.24, 2.45) is 13.0 Å². The molecule has 0 aromatic carbocycles. The first-order valence-corrected chi connectivity index (χ1v) is 8.19. The molecule has 102 valence electrons. The monoisotopic (exact) mass is 272 g/mol. The maximum atomic E-state index is 11.6. The first-order chi connectivity index (χ1) is 8.39. The van der Waals surface area contributed by atoms with Crippen molar-refractivity contribution < 1.29 is 13.5 Å². The van der Waals surface area contributed by atoms with Crippen molar-refractivity contribution in [1.29, 1.82) is 0 Å². The molecule has 2 rings (SSSR count). The van der Waals surface area contributed by atoms with E-state index in [2.05, 4.69) is 4.98 Å². The summed E-state index contributed by atoms with van der Waals surface area (Å²) in [6.07, 6.45) is 7.01. The van der Waals surface area contributed by atoms with E-state index in [0.717, 1.165) is 12.8 Å². The predicted molar refractivity (Wildman–Crippen MR) is 68.8 cm³/mol. The van der Waals surface area contributed by atoms with E-state index in [0.29, 0.717) is 18.7 Å². The number of aliphatic hydroxyl groups is 1. The molecule has 1 aliphatic rings. The normalized spacial score (nSPS) is 27.1. The molecule has 0 radical (unpaired) electrons. The average Bonchev–Trinajstić information content (AvgIpc) is 2.73. The largest absolute Gasteiger partial charge is 0.385 e. The van der Waals surface area contributed by atoms with E-state index in [4.69, 9.17) is 0 Å². The smallest absolute Gasteiger partial charge is 0.150 e. The number of aromatic nitrogens is 2. The van der Waals surface area contributed by atoms with Crippen molar-refractivity contribution in [1.82, 2.24) is 9.55 Å². The molecule has 1 aromatic heterocycles. The Morgan fingerprint density at radius 1 is 1.50 bits per heavy atom. The molecule has 1 heterocycles. The first-order valence-electron chi connectivity index (χ1n) is 6.23. The Hall–Kier alpha value is -0.880. The van der Waals surface area contributed by atoms with Crippen LogP contribution in [0.3, 0.4) is 0 Å². The number of aryl methyl sites for hydroxylation is 1. The van der Waals surface area contributed by atoms with Crippen molar-refractivity contribution in [3.05, 3.63) is 18.2 Å². The van der Waals surface area contributed by atoms with Crippen molar-refractivity contribution >= 4 is 9.84 Å². The molecule has 0 amide bonds. The molecule has 18 heavy (non-hydrogen) atoms. The molecular weight excluding hydrogens is 252 g/mol. The van der Waals surface area contributed by atoms with Crippen molar-refractivity contribution in [3.63, 3.8) is 0 Å². The van der Waals surface area contributed by atoms with Gasteiger partial charge in [-0.15, -0.1) is 0 Å². The summed E-state index contributed by atoms with van der Waals surface area (Å²) in [5.74, 6) is 0.605. The van der Waals surface area contributed by atoms with E-state index >= 15 is 0 Å². The quantitative estimate of drug-likeness (QED) is 0.893. The van der Waals surface area contributed by atoms with Crippen molar-refractivity contribution in [3.8, 4) is 0 Å². The predicted octanol–water partition coefficient (Wildman–Crippen LogP) is 1.06. The number of imidazole rings is 1. The Labute approximate surface area is 108 Å². The highest BCUT2D eigenvalue weighted by Gasteiger charge is 2.34. The zero-order valence-electron chi connectivity index (χ0n) is 10.8. The van der Waals surface area contributed by atoms with E-state index < -0.39 is 15.9 Å². The van der Waals surface area contributed by atoms with Crippen LogP contribution in [0.4, 0.5) is 0 Å². The lowest BCUT2D eigenvalue weighted by molar-refractivity contribution is 0.0756. The van der Waals surface area contributed by atoms with Gasteiger partial charge in [0.2, 0.25) is 0 Å². The van der Waals surface area contributed by atoms with Gasteiger partial charge in [0.15, 0.2) is 0 Å². The Morgan fingerprint density at radius 3 is 2.78 bits per heavy atom. The van der Waals surface area contributed by atoms with Gasteiger partial charge in [0.05, 0.1) is 5.25 Å². The summed E-state index contributed by atoms with van der Waals surface area (Å²) in [7, 11) is -1.17. The van der Waals surface area contributed by atoms with Gasteiger partial charge in [-0.1, -0.05) is 6.42 Å². The van der Waals surface area contributed by atoms with Crippen LogP contribution in [0.5, 0.6) is 0 Å². The van der Waals surface area contributed by atoms with Crippen LogP contribution in [-0.2, 0) is 16.9 Å². The van der Waals surface area contributed by atoms with Crippen LogP contribution in [-0.4, -0.2) is 34.6 Å². The van der Waals surface area contributed by atoms with Crippen LogP contribution in [0.2, 0.25) is 0 Å². The van der Waals surface area contributed by atoms with Gasteiger partial charge in [0, 0.05) is 25.7 Å². The molecule has 0 bridgehead atoms. The number of aliphatic hydroxyl groups excluding tert-OH is 1. The number of sulfone groups is 1. The van der Waals surface area contributed by atoms with Crippen LogP contribution in [0, 0.1) is 5.92 Å². The lowest BCUT2D eigenvalue weighted by atomic mass is 9.84. The molecule has 1 aromatic rings. The van der Waals surface area contributed by atoms with E-state index in [9.17, 15) is 13.5 Å². The van der Waals surface area contributed by atoms with E-state index in [1.807, 2.05) is 7.05 Å². The fourth-order valence-electron chi connectivity index (χ4n) is 2.73. The second-order valence-corrected chi connectivity index (χ2v) is 7.55. The molecular formula is C12H20N2O3S. The lowest BCUT2D eigenvalue weighted by Crippen LogP contribution is -2.30. The molecule has 1 saturated carbocycles. The summed E-state index contributed by atoms with van der Waals surface area (Å²) in [6, 6.07) is 0. The third-order valence-corrected chi connectivity index (χ3v) is 5.48. The van der Waals surface area contributed by atoms with Gasteiger partial charge < -0.3 is 9.67 Å². The number of hydrogen-bond donors (Lipinski definition) is 1. The summed E-state index contributed by atoms with van der Waals surface area (Å²) in [6.45, 7) is 0. The van der Waals surface area contributed by atoms with Gasteiger partial charge in [-0.25, -0.2) is 13.4 Å². The van der Waals surface area contributed by atoms with Gasteiger partial charge in [0.25, 0.3) is 0 Å². The molecule has 3 atom stereocenters. The Kier molecular flexibility index (Phi) is 3.77. The van der Waals surface area contributed by atoms with Crippen LogP contribution < -0.4 is 0 Å². The maximum absolute atomic E-state index is 11.6. The van der Waals surface area contributed by atoms with Crippen LogP contribution in [0.15, 0.2) is 12.4 Å². The molecule has 0 aliphatic heterocycles. The summed E-state index contributed by atoms with van der Waals surface area (Å²) in [5, 5.41) is 10.0. The summed E-state index contributed by atoms with van der Waals surface area (Å²) in [4.78, 5) is 4.14. The second-order valence-electron chi connectivity index (χ2n) is 5.22. The Bertz CT molecular complexity index is 509.